The van der Waals surface area contributed by atoms with Gasteiger partial charge in [0.15, 0.2) is 0 Å². The van der Waals surface area contributed by atoms with Crippen molar-refractivity contribution in [3.63, 3.8) is 0 Å². The molecule has 0 spiro atoms. The van der Waals surface area contributed by atoms with E-state index in [-0.39, 0.29) is 11.9 Å². The van der Waals surface area contributed by atoms with Gasteiger partial charge < -0.3 is 10.2 Å². The van der Waals surface area contributed by atoms with Crippen molar-refractivity contribution in [2.24, 2.45) is 0 Å². The van der Waals surface area contributed by atoms with E-state index >= 15 is 0 Å². The molecule has 2 aromatic heterocycles. The van der Waals surface area contributed by atoms with Crippen LogP contribution in [0.1, 0.15) is 33.8 Å². The SMILES string of the molecule is Cc1ncsc1C(=O)NC1CCN(c2ccc(C#N)cn2)CC1. The average Bonchev–Trinajstić information content (AvgIpc) is 3.02. The minimum Gasteiger partial charge on any atom is -0.356 e. The van der Waals surface area contributed by atoms with Crippen LogP contribution in [-0.4, -0.2) is 35.0 Å². The van der Waals surface area contributed by atoms with Gasteiger partial charge in [-0.05, 0) is 31.9 Å². The molecule has 23 heavy (non-hydrogen) atoms. The van der Waals surface area contributed by atoms with Gasteiger partial charge in [-0.15, -0.1) is 11.3 Å². The van der Waals surface area contributed by atoms with Crippen molar-refractivity contribution in [2.75, 3.05) is 18.0 Å². The number of aromatic nitrogens is 2. The number of thiazole rings is 1. The summed E-state index contributed by atoms with van der Waals surface area (Å²) in [4.78, 5) is 23.5. The Balaban J connectivity index is 1.55. The number of rotatable bonds is 3. The first-order valence-corrected chi connectivity index (χ1v) is 8.37. The minimum absolute atomic E-state index is 0.0278. The number of pyridine rings is 1. The van der Waals surface area contributed by atoms with E-state index in [2.05, 4.69) is 26.3 Å². The highest BCUT2D eigenvalue weighted by molar-refractivity contribution is 7.11. The highest BCUT2D eigenvalue weighted by Gasteiger charge is 2.23. The third-order valence-corrected chi connectivity index (χ3v) is 4.91. The van der Waals surface area contributed by atoms with Crippen molar-refractivity contribution in [3.8, 4) is 6.07 Å². The molecule has 1 fully saturated rings. The number of nitriles is 1. The molecule has 1 amide bonds. The molecule has 0 saturated carbocycles. The number of hydrogen-bond acceptors (Lipinski definition) is 6. The second kappa shape index (κ2) is 6.75. The van der Waals surface area contributed by atoms with E-state index in [9.17, 15) is 4.79 Å². The first-order valence-electron chi connectivity index (χ1n) is 7.49. The number of anilines is 1. The Morgan fingerprint density at radius 1 is 1.39 bits per heavy atom. The lowest BCUT2D eigenvalue weighted by Gasteiger charge is -2.33. The van der Waals surface area contributed by atoms with Crippen molar-refractivity contribution in [1.29, 1.82) is 5.26 Å². The molecule has 3 rings (SSSR count). The molecule has 7 heteroatoms. The number of carbonyl (C=O) groups is 1. The van der Waals surface area contributed by atoms with E-state index in [0.717, 1.165) is 37.4 Å². The highest BCUT2D eigenvalue weighted by atomic mass is 32.1. The van der Waals surface area contributed by atoms with Crippen LogP contribution in [0.15, 0.2) is 23.8 Å². The fraction of sp³-hybridized carbons (Fsp3) is 0.375. The lowest BCUT2D eigenvalue weighted by molar-refractivity contribution is 0.0934. The number of nitrogens with zero attached hydrogens (tertiary/aromatic N) is 4. The van der Waals surface area contributed by atoms with Gasteiger partial charge in [0.05, 0.1) is 16.8 Å². The quantitative estimate of drug-likeness (QED) is 0.934. The fourth-order valence-electron chi connectivity index (χ4n) is 2.66. The Hall–Kier alpha value is -2.46. The highest BCUT2D eigenvalue weighted by Crippen LogP contribution is 2.19. The van der Waals surface area contributed by atoms with Crippen LogP contribution in [0.5, 0.6) is 0 Å². The summed E-state index contributed by atoms with van der Waals surface area (Å²) < 4.78 is 0. The Morgan fingerprint density at radius 3 is 2.74 bits per heavy atom. The molecule has 2 aromatic rings. The van der Waals surface area contributed by atoms with Crippen LogP contribution < -0.4 is 10.2 Å². The Kier molecular flexibility index (Phi) is 4.53. The van der Waals surface area contributed by atoms with Gasteiger partial charge in [0.1, 0.15) is 16.8 Å². The molecule has 0 unspecified atom stereocenters. The molecule has 0 radical (unpaired) electrons. The molecule has 1 aliphatic heterocycles. The van der Waals surface area contributed by atoms with Gasteiger partial charge in [0, 0.05) is 25.3 Å². The predicted molar refractivity (Wildman–Crippen MR) is 88.5 cm³/mol. The van der Waals surface area contributed by atoms with Crippen LogP contribution in [-0.2, 0) is 0 Å². The van der Waals surface area contributed by atoms with Gasteiger partial charge in [-0.2, -0.15) is 5.26 Å². The molecule has 118 valence electrons. The van der Waals surface area contributed by atoms with Gasteiger partial charge in [0.2, 0.25) is 0 Å². The molecule has 1 N–H and O–H groups in total. The van der Waals surface area contributed by atoms with E-state index in [1.807, 2.05) is 13.0 Å². The van der Waals surface area contributed by atoms with E-state index in [1.165, 1.54) is 11.3 Å². The molecule has 0 bridgehead atoms. The maximum Gasteiger partial charge on any atom is 0.263 e. The number of piperidine rings is 1. The van der Waals surface area contributed by atoms with Crippen LogP contribution in [0.25, 0.3) is 0 Å². The zero-order chi connectivity index (χ0) is 16.2. The lowest BCUT2D eigenvalue weighted by Crippen LogP contribution is -2.44. The fourth-order valence-corrected chi connectivity index (χ4v) is 3.37. The zero-order valence-electron chi connectivity index (χ0n) is 12.8. The summed E-state index contributed by atoms with van der Waals surface area (Å²) in [5.41, 5.74) is 3.05. The van der Waals surface area contributed by atoms with E-state index in [4.69, 9.17) is 5.26 Å². The third-order valence-electron chi connectivity index (χ3n) is 3.98. The molecule has 0 atom stereocenters. The summed E-state index contributed by atoms with van der Waals surface area (Å²) in [6.07, 6.45) is 3.35. The van der Waals surface area contributed by atoms with Gasteiger partial charge >= 0.3 is 0 Å². The van der Waals surface area contributed by atoms with Gasteiger partial charge in [-0.25, -0.2) is 9.97 Å². The normalized spacial score (nSPS) is 15.2. The van der Waals surface area contributed by atoms with Crippen LogP contribution in [0, 0.1) is 18.3 Å². The topological polar surface area (TPSA) is 81.9 Å². The number of nitrogens with one attached hydrogen (secondary N) is 1. The van der Waals surface area contributed by atoms with Gasteiger partial charge in [-0.1, -0.05) is 0 Å². The summed E-state index contributed by atoms with van der Waals surface area (Å²) >= 11 is 1.38. The van der Waals surface area contributed by atoms with E-state index in [0.29, 0.717) is 10.4 Å². The molecule has 0 aliphatic carbocycles. The largest absolute Gasteiger partial charge is 0.356 e. The number of carbonyl (C=O) groups excluding carboxylic acids is 1. The molecule has 3 heterocycles. The summed E-state index contributed by atoms with van der Waals surface area (Å²) in [5.74, 6) is 0.854. The van der Waals surface area contributed by atoms with E-state index < -0.39 is 0 Å². The van der Waals surface area contributed by atoms with Crippen LogP contribution in [0.4, 0.5) is 5.82 Å². The summed E-state index contributed by atoms with van der Waals surface area (Å²) in [6.45, 7) is 3.53. The summed E-state index contributed by atoms with van der Waals surface area (Å²) in [5, 5.41) is 11.9. The summed E-state index contributed by atoms with van der Waals surface area (Å²) in [7, 11) is 0. The Bertz CT molecular complexity index is 726. The first kappa shape index (κ1) is 15.4. The third kappa shape index (κ3) is 3.48. The molecular weight excluding hydrogens is 310 g/mol. The average molecular weight is 327 g/mol. The molecule has 6 nitrogen and oxygen atoms in total. The Morgan fingerprint density at radius 2 is 2.17 bits per heavy atom. The van der Waals surface area contributed by atoms with Crippen molar-refractivity contribution < 1.29 is 4.79 Å². The maximum atomic E-state index is 12.2. The van der Waals surface area contributed by atoms with Crippen molar-refractivity contribution >= 4 is 23.1 Å². The monoisotopic (exact) mass is 327 g/mol. The van der Waals surface area contributed by atoms with Crippen LogP contribution >= 0.6 is 11.3 Å². The van der Waals surface area contributed by atoms with Crippen molar-refractivity contribution in [3.05, 3.63) is 40.0 Å². The van der Waals surface area contributed by atoms with Crippen LogP contribution in [0.2, 0.25) is 0 Å². The standard InChI is InChI=1S/C16H17N5OS/c1-11-15(23-10-19-11)16(22)20-13-4-6-21(7-5-13)14-3-2-12(8-17)9-18-14/h2-3,9-10,13H,4-7H2,1H3,(H,20,22). The molecule has 1 aliphatic rings. The smallest absolute Gasteiger partial charge is 0.263 e. The molecule has 0 aromatic carbocycles. The van der Waals surface area contributed by atoms with Crippen molar-refractivity contribution in [2.45, 2.75) is 25.8 Å². The number of amides is 1. The first-order chi connectivity index (χ1) is 11.2. The van der Waals surface area contributed by atoms with Gasteiger partial charge in [-0.3, -0.25) is 4.79 Å². The predicted octanol–water partition coefficient (Wildman–Crippen LogP) is 2.12. The lowest BCUT2D eigenvalue weighted by atomic mass is 10.0. The second-order valence-corrected chi connectivity index (χ2v) is 6.37. The minimum atomic E-state index is -0.0278. The molecular formula is C16H17N5OS. The molecule has 1 saturated heterocycles. The van der Waals surface area contributed by atoms with E-state index in [1.54, 1.807) is 17.8 Å². The van der Waals surface area contributed by atoms with Crippen LogP contribution in [0.3, 0.4) is 0 Å². The maximum absolute atomic E-state index is 12.2. The number of hydrogen-bond donors (Lipinski definition) is 1. The zero-order valence-corrected chi connectivity index (χ0v) is 13.6. The van der Waals surface area contributed by atoms with Gasteiger partial charge in [0.25, 0.3) is 5.91 Å². The van der Waals surface area contributed by atoms with Crippen molar-refractivity contribution in [1.82, 2.24) is 15.3 Å². The number of aryl methyl sites for hydroxylation is 1. The summed E-state index contributed by atoms with van der Waals surface area (Å²) in [6, 6.07) is 5.90. The Labute approximate surface area is 138 Å². The second-order valence-electron chi connectivity index (χ2n) is 5.52.